The Labute approximate surface area is 91.0 Å². The highest BCUT2D eigenvalue weighted by molar-refractivity contribution is 7.90. The van der Waals surface area contributed by atoms with E-state index in [4.69, 9.17) is 16.3 Å². The highest BCUT2D eigenvalue weighted by atomic mass is 35.5. The summed E-state index contributed by atoms with van der Waals surface area (Å²) in [6.45, 7) is 0. The van der Waals surface area contributed by atoms with Gasteiger partial charge >= 0.3 is 0 Å². The minimum absolute atomic E-state index is 0.0424. The number of carbonyl (C=O) groups excluding carboxylic acids is 1. The highest BCUT2D eigenvalue weighted by Crippen LogP contribution is 2.36. The van der Waals surface area contributed by atoms with Crippen LogP contribution in [-0.4, -0.2) is 21.4 Å². The number of fused-ring (bicyclic) bond motifs is 1. The van der Waals surface area contributed by atoms with E-state index in [9.17, 15) is 13.2 Å². The smallest absolute Gasteiger partial charge is 0.266 e. The van der Waals surface area contributed by atoms with Gasteiger partial charge in [0.25, 0.3) is 15.9 Å². The van der Waals surface area contributed by atoms with Crippen molar-refractivity contribution in [2.24, 2.45) is 0 Å². The Kier molecular flexibility index (Phi) is 2.13. The maximum absolute atomic E-state index is 11.5. The average Bonchev–Trinajstić information content (AvgIpc) is 2.38. The van der Waals surface area contributed by atoms with Crippen LogP contribution in [-0.2, 0) is 10.0 Å². The summed E-state index contributed by atoms with van der Waals surface area (Å²) in [5.74, 6) is -0.454. The van der Waals surface area contributed by atoms with Crippen LogP contribution in [0, 0.1) is 0 Å². The highest BCUT2D eigenvalue weighted by Gasteiger charge is 2.36. The van der Waals surface area contributed by atoms with Gasteiger partial charge in [-0.15, -0.1) is 0 Å². The van der Waals surface area contributed by atoms with Crippen LogP contribution in [0.15, 0.2) is 17.0 Å². The summed E-state index contributed by atoms with van der Waals surface area (Å²) in [5, 5.41) is -0.0756. The van der Waals surface area contributed by atoms with E-state index in [0.717, 1.165) is 0 Å². The summed E-state index contributed by atoms with van der Waals surface area (Å²) >= 11 is 5.81. The third-order valence-electron chi connectivity index (χ3n) is 2.02. The molecule has 1 aromatic rings. The molecule has 1 aliphatic rings. The van der Waals surface area contributed by atoms with Crippen molar-refractivity contribution in [2.45, 2.75) is 4.90 Å². The molecule has 0 aromatic heterocycles. The molecule has 1 amide bonds. The van der Waals surface area contributed by atoms with Crippen molar-refractivity contribution in [3.63, 3.8) is 0 Å². The molecule has 15 heavy (non-hydrogen) atoms. The summed E-state index contributed by atoms with van der Waals surface area (Å²) in [4.78, 5) is 11.0. The molecule has 0 saturated heterocycles. The van der Waals surface area contributed by atoms with Gasteiger partial charge in [0.15, 0.2) is 0 Å². The molecule has 5 nitrogen and oxygen atoms in total. The molecule has 1 aromatic carbocycles. The van der Waals surface area contributed by atoms with Crippen LogP contribution < -0.4 is 9.46 Å². The van der Waals surface area contributed by atoms with E-state index in [1.54, 1.807) is 0 Å². The molecular weight excluding hydrogens is 242 g/mol. The predicted octanol–water partition coefficient (Wildman–Crippen LogP) is 0.781. The number of hydrogen-bond acceptors (Lipinski definition) is 4. The molecule has 2 rings (SSSR count). The first-order valence-corrected chi connectivity index (χ1v) is 5.77. The summed E-state index contributed by atoms with van der Waals surface area (Å²) < 4.78 is 29.7. The molecule has 0 aliphatic carbocycles. The van der Waals surface area contributed by atoms with E-state index >= 15 is 0 Å². The van der Waals surface area contributed by atoms with E-state index in [0.29, 0.717) is 0 Å². The molecule has 1 heterocycles. The van der Waals surface area contributed by atoms with Crippen LogP contribution in [0.4, 0.5) is 0 Å². The Morgan fingerprint density at radius 3 is 2.67 bits per heavy atom. The van der Waals surface area contributed by atoms with Crippen LogP contribution >= 0.6 is 11.6 Å². The van der Waals surface area contributed by atoms with Crippen molar-refractivity contribution in [1.82, 2.24) is 4.72 Å². The summed E-state index contributed by atoms with van der Waals surface area (Å²) in [6, 6.07) is 2.81. The summed E-state index contributed by atoms with van der Waals surface area (Å²) in [6.07, 6.45) is 0. The fraction of sp³-hybridized carbons (Fsp3) is 0.125. The average molecular weight is 248 g/mol. The molecule has 0 radical (unpaired) electrons. The number of rotatable bonds is 1. The van der Waals surface area contributed by atoms with Gasteiger partial charge in [0.1, 0.15) is 15.7 Å². The van der Waals surface area contributed by atoms with Crippen LogP contribution in [0.5, 0.6) is 5.75 Å². The second-order valence-corrected chi connectivity index (χ2v) is 4.89. The molecule has 1 aliphatic heterocycles. The van der Waals surface area contributed by atoms with E-state index < -0.39 is 15.9 Å². The van der Waals surface area contributed by atoms with Crippen LogP contribution in [0.25, 0.3) is 0 Å². The topological polar surface area (TPSA) is 72.5 Å². The zero-order valence-electron chi connectivity index (χ0n) is 7.57. The maximum Gasteiger partial charge on any atom is 0.266 e. The van der Waals surface area contributed by atoms with Gasteiger partial charge in [-0.3, -0.25) is 4.79 Å². The zero-order valence-corrected chi connectivity index (χ0v) is 9.15. The molecule has 7 heteroatoms. The monoisotopic (exact) mass is 247 g/mol. The van der Waals surface area contributed by atoms with Gasteiger partial charge in [-0.2, -0.15) is 0 Å². The molecule has 0 unspecified atom stereocenters. The Morgan fingerprint density at radius 2 is 2.07 bits per heavy atom. The Bertz CT molecular complexity index is 552. The third kappa shape index (κ3) is 1.37. The second kappa shape index (κ2) is 3.11. The van der Waals surface area contributed by atoms with Crippen molar-refractivity contribution in [1.29, 1.82) is 0 Å². The molecular formula is C8H6ClNO4S. The lowest BCUT2D eigenvalue weighted by atomic mass is 10.2. The van der Waals surface area contributed by atoms with Gasteiger partial charge in [-0.25, -0.2) is 13.1 Å². The number of methoxy groups -OCH3 is 1. The predicted molar refractivity (Wildman–Crippen MR) is 52.7 cm³/mol. The fourth-order valence-corrected chi connectivity index (χ4v) is 3.15. The molecule has 1 N–H and O–H groups in total. The number of amides is 1. The molecule has 0 fully saturated rings. The van der Waals surface area contributed by atoms with E-state index in [-0.39, 0.29) is 21.2 Å². The van der Waals surface area contributed by atoms with Gasteiger partial charge < -0.3 is 4.74 Å². The Morgan fingerprint density at radius 1 is 1.40 bits per heavy atom. The SMILES string of the molecule is COc1ccc2c(c1Cl)S(=O)(=O)NC2=O. The van der Waals surface area contributed by atoms with Gasteiger partial charge in [0.2, 0.25) is 0 Å². The number of carbonyl (C=O) groups is 1. The number of ether oxygens (including phenoxy) is 1. The summed E-state index contributed by atoms with van der Waals surface area (Å²) in [5.41, 5.74) is 0.0424. The van der Waals surface area contributed by atoms with Crippen molar-refractivity contribution in [3.8, 4) is 5.75 Å². The maximum atomic E-state index is 11.5. The zero-order chi connectivity index (χ0) is 11.2. The largest absolute Gasteiger partial charge is 0.495 e. The summed E-state index contributed by atoms with van der Waals surface area (Å²) in [7, 11) is -2.46. The lowest BCUT2D eigenvalue weighted by molar-refractivity contribution is 0.0985. The normalized spacial score (nSPS) is 17.1. The van der Waals surface area contributed by atoms with Gasteiger partial charge in [-0.05, 0) is 12.1 Å². The number of nitrogens with one attached hydrogen (secondary N) is 1. The number of benzene rings is 1. The molecule has 0 atom stereocenters. The number of sulfonamides is 1. The standard InChI is InChI=1S/C8H6ClNO4S/c1-14-5-3-2-4-7(6(5)9)15(12,13)10-8(4)11/h2-3H,1H3,(H,10,11). The first kappa shape index (κ1) is 10.3. The molecule has 80 valence electrons. The minimum atomic E-state index is -3.83. The van der Waals surface area contributed by atoms with Crippen molar-refractivity contribution < 1.29 is 17.9 Å². The molecule has 0 saturated carbocycles. The Balaban J connectivity index is 2.83. The van der Waals surface area contributed by atoms with E-state index in [1.807, 2.05) is 4.72 Å². The molecule has 0 spiro atoms. The fourth-order valence-electron chi connectivity index (χ4n) is 1.37. The van der Waals surface area contributed by atoms with E-state index in [2.05, 4.69) is 0 Å². The first-order chi connectivity index (χ1) is 6.97. The lowest BCUT2D eigenvalue weighted by Crippen LogP contribution is -2.20. The van der Waals surface area contributed by atoms with Crippen LogP contribution in [0.3, 0.4) is 0 Å². The van der Waals surface area contributed by atoms with Gasteiger partial charge in [0, 0.05) is 0 Å². The third-order valence-corrected chi connectivity index (χ3v) is 3.92. The number of halogens is 1. The minimum Gasteiger partial charge on any atom is -0.495 e. The Hall–Kier alpha value is -1.27. The quantitative estimate of drug-likeness (QED) is 0.796. The van der Waals surface area contributed by atoms with Crippen LogP contribution in [0.2, 0.25) is 5.02 Å². The number of hydrogen-bond donors (Lipinski definition) is 1. The second-order valence-electron chi connectivity index (χ2n) is 2.89. The van der Waals surface area contributed by atoms with Crippen molar-refractivity contribution >= 4 is 27.5 Å². The van der Waals surface area contributed by atoms with E-state index in [1.165, 1.54) is 19.2 Å². The lowest BCUT2D eigenvalue weighted by Gasteiger charge is -2.04. The van der Waals surface area contributed by atoms with Crippen LogP contribution in [0.1, 0.15) is 10.4 Å². The van der Waals surface area contributed by atoms with Gasteiger partial charge in [0.05, 0.1) is 12.7 Å². The first-order valence-electron chi connectivity index (χ1n) is 3.91. The van der Waals surface area contributed by atoms with Gasteiger partial charge in [-0.1, -0.05) is 11.6 Å². The van der Waals surface area contributed by atoms with Crippen molar-refractivity contribution in [2.75, 3.05) is 7.11 Å². The van der Waals surface area contributed by atoms with Crippen molar-refractivity contribution in [3.05, 3.63) is 22.7 Å². The molecule has 0 bridgehead atoms.